The van der Waals surface area contributed by atoms with Gasteiger partial charge in [0.2, 0.25) is 11.5 Å². The molecule has 60 valence electrons. The summed E-state index contributed by atoms with van der Waals surface area (Å²) in [5, 5.41) is 16.4. The second-order valence-electron chi connectivity index (χ2n) is 2.26. The molecule has 1 N–H and O–H groups in total. The van der Waals surface area contributed by atoms with Gasteiger partial charge in [-0.05, 0) is 12.1 Å². The van der Waals surface area contributed by atoms with Crippen molar-refractivity contribution in [3.63, 3.8) is 0 Å². The maximum atomic E-state index is 10.4. The number of hydrogen-bond acceptors (Lipinski definition) is 4. The van der Waals surface area contributed by atoms with Crippen LogP contribution in [0.5, 0.6) is 5.75 Å². The Labute approximate surface area is 67.3 Å². The second kappa shape index (κ2) is 2.30. The lowest BCUT2D eigenvalue weighted by Gasteiger charge is -1.93. The molecule has 0 saturated heterocycles. The van der Waals surface area contributed by atoms with Gasteiger partial charge in [0.05, 0.1) is 0 Å². The molecule has 5 heteroatoms. The lowest BCUT2D eigenvalue weighted by molar-refractivity contribution is 0.111. The van der Waals surface area contributed by atoms with Gasteiger partial charge in [-0.3, -0.25) is 9.20 Å². The SMILES string of the molecule is O=Cc1nnc2c(O)cccn12. The third kappa shape index (κ3) is 0.763. The Kier molecular flexibility index (Phi) is 1.30. The molecule has 0 saturated carbocycles. The molecule has 0 amide bonds. The molecule has 0 atom stereocenters. The Morgan fingerprint density at radius 3 is 3.08 bits per heavy atom. The van der Waals surface area contributed by atoms with E-state index >= 15 is 0 Å². The second-order valence-corrected chi connectivity index (χ2v) is 2.26. The first-order valence-electron chi connectivity index (χ1n) is 3.31. The van der Waals surface area contributed by atoms with Crippen LogP contribution >= 0.6 is 0 Å². The average molecular weight is 163 g/mol. The average Bonchev–Trinajstić information content (AvgIpc) is 2.49. The molecule has 2 aromatic heterocycles. The minimum atomic E-state index is 0.0121. The van der Waals surface area contributed by atoms with Crippen LogP contribution in [0.2, 0.25) is 0 Å². The van der Waals surface area contributed by atoms with Crippen LogP contribution < -0.4 is 0 Å². The molecule has 2 rings (SSSR count). The van der Waals surface area contributed by atoms with Crippen molar-refractivity contribution in [2.45, 2.75) is 0 Å². The first-order chi connectivity index (χ1) is 5.83. The summed E-state index contributed by atoms with van der Waals surface area (Å²) in [6.07, 6.45) is 2.19. The van der Waals surface area contributed by atoms with Crippen LogP contribution in [0.4, 0.5) is 0 Å². The van der Waals surface area contributed by atoms with Crippen LogP contribution in [0.1, 0.15) is 10.6 Å². The standard InChI is InChI=1S/C7H5N3O2/c11-4-6-8-9-7-5(12)2-1-3-10(6)7/h1-4,12H. The van der Waals surface area contributed by atoms with Crippen LogP contribution in [0, 0.1) is 0 Å². The normalized spacial score (nSPS) is 10.3. The summed E-state index contributed by atoms with van der Waals surface area (Å²) < 4.78 is 1.42. The van der Waals surface area contributed by atoms with Crippen LogP contribution in [-0.2, 0) is 0 Å². The zero-order valence-corrected chi connectivity index (χ0v) is 6.01. The zero-order chi connectivity index (χ0) is 8.55. The van der Waals surface area contributed by atoms with Crippen molar-refractivity contribution in [2.75, 3.05) is 0 Å². The quantitative estimate of drug-likeness (QED) is 0.612. The van der Waals surface area contributed by atoms with E-state index in [9.17, 15) is 9.90 Å². The fraction of sp³-hybridized carbons (Fsp3) is 0. The van der Waals surface area contributed by atoms with E-state index in [0.717, 1.165) is 0 Å². The summed E-state index contributed by atoms with van der Waals surface area (Å²) in [5.74, 6) is 0.194. The highest BCUT2D eigenvalue weighted by Gasteiger charge is 2.05. The Hall–Kier alpha value is -1.91. The summed E-state index contributed by atoms with van der Waals surface area (Å²) in [7, 11) is 0. The number of carbonyl (C=O) groups is 1. The molecule has 0 aromatic carbocycles. The summed E-state index contributed by atoms with van der Waals surface area (Å²) in [4.78, 5) is 10.4. The van der Waals surface area contributed by atoms with Gasteiger partial charge in [-0.15, -0.1) is 10.2 Å². The topological polar surface area (TPSA) is 67.5 Å². The van der Waals surface area contributed by atoms with E-state index in [2.05, 4.69) is 10.2 Å². The van der Waals surface area contributed by atoms with Gasteiger partial charge in [0, 0.05) is 6.20 Å². The third-order valence-corrected chi connectivity index (χ3v) is 1.55. The molecule has 0 aliphatic carbocycles. The summed E-state index contributed by atoms with van der Waals surface area (Å²) in [6, 6.07) is 3.09. The molecular formula is C7H5N3O2. The number of fused-ring (bicyclic) bond motifs is 1. The number of aromatic nitrogens is 3. The Morgan fingerprint density at radius 2 is 2.33 bits per heavy atom. The number of aldehydes is 1. The van der Waals surface area contributed by atoms with Crippen LogP contribution in [0.25, 0.3) is 5.65 Å². The molecule has 0 aliphatic rings. The minimum absolute atomic E-state index is 0.0121. The number of aromatic hydroxyl groups is 1. The van der Waals surface area contributed by atoms with Crippen molar-refractivity contribution in [2.24, 2.45) is 0 Å². The lowest BCUT2D eigenvalue weighted by atomic mass is 10.4. The van der Waals surface area contributed by atoms with Crippen molar-refractivity contribution in [1.29, 1.82) is 0 Å². The molecule has 12 heavy (non-hydrogen) atoms. The van der Waals surface area contributed by atoms with E-state index in [1.54, 1.807) is 12.3 Å². The maximum Gasteiger partial charge on any atom is 0.203 e. The van der Waals surface area contributed by atoms with Crippen molar-refractivity contribution in [1.82, 2.24) is 14.6 Å². The number of hydrogen-bond donors (Lipinski definition) is 1. The number of pyridine rings is 1. The third-order valence-electron chi connectivity index (χ3n) is 1.55. The van der Waals surface area contributed by atoms with Gasteiger partial charge in [-0.25, -0.2) is 0 Å². The maximum absolute atomic E-state index is 10.4. The summed E-state index contributed by atoms with van der Waals surface area (Å²) >= 11 is 0. The van der Waals surface area contributed by atoms with Gasteiger partial charge < -0.3 is 5.11 Å². The van der Waals surface area contributed by atoms with E-state index < -0.39 is 0 Å². The molecular weight excluding hydrogens is 158 g/mol. The van der Waals surface area contributed by atoms with Gasteiger partial charge in [0.15, 0.2) is 12.0 Å². The van der Waals surface area contributed by atoms with Crippen molar-refractivity contribution >= 4 is 11.9 Å². The van der Waals surface area contributed by atoms with Crippen molar-refractivity contribution in [3.8, 4) is 5.75 Å². The van der Waals surface area contributed by atoms with Gasteiger partial charge in [0.1, 0.15) is 0 Å². The molecule has 0 fully saturated rings. The lowest BCUT2D eigenvalue weighted by Crippen LogP contribution is -1.90. The van der Waals surface area contributed by atoms with E-state index in [1.165, 1.54) is 10.5 Å². The van der Waals surface area contributed by atoms with E-state index in [1.807, 2.05) is 0 Å². The highest BCUT2D eigenvalue weighted by atomic mass is 16.3. The smallest absolute Gasteiger partial charge is 0.203 e. The number of nitrogens with zero attached hydrogens (tertiary/aromatic N) is 3. The predicted molar refractivity (Wildman–Crippen MR) is 40.0 cm³/mol. The molecule has 0 bridgehead atoms. The van der Waals surface area contributed by atoms with Crippen LogP contribution in [0.3, 0.4) is 0 Å². The Balaban J connectivity index is 2.88. The van der Waals surface area contributed by atoms with Crippen LogP contribution in [-0.4, -0.2) is 26.0 Å². The fourth-order valence-corrected chi connectivity index (χ4v) is 1.00. The molecule has 0 aliphatic heterocycles. The first-order valence-corrected chi connectivity index (χ1v) is 3.31. The minimum Gasteiger partial charge on any atom is -0.504 e. The highest BCUT2D eigenvalue weighted by molar-refractivity contribution is 5.71. The van der Waals surface area contributed by atoms with E-state index in [-0.39, 0.29) is 11.6 Å². The molecule has 0 spiro atoms. The van der Waals surface area contributed by atoms with Crippen LogP contribution in [0.15, 0.2) is 18.3 Å². The number of carbonyl (C=O) groups excluding carboxylic acids is 1. The fourth-order valence-electron chi connectivity index (χ4n) is 1.00. The van der Waals surface area contributed by atoms with Gasteiger partial charge in [-0.1, -0.05) is 0 Å². The Bertz CT molecular complexity index is 435. The number of rotatable bonds is 1. The van der Waals surface area contributed by atoms with Crippen molar-refractivity contribution in [3.05, 3.63) is 24.2 Å². The van der Waals surface area contributed by atoms with Gasteiger partial charge >= 0.3 is 0 Å². The molecule has 0 unspecified atom stereocenters. The van der Waals surface area contributed by atoms with E-state index in [0.29, 0.717) is 11.9 Å². The molecule has 2 heterocycles. The van der Waals surface area contributed by atoms with Gasteiger partial charge in [0.25, 0.3) is 0 Å². The van der Waals surface area contributed by atoms with Crippen molar-refractivity contribution < 1.29 is 9.90 Å². The largest absolute Gasteiger partial charge is 0.504 e. The monoisotopic (exact) mass is 163 g/mol. The molecule has 5 nitrogen and oxygen atoms in total. The molecule has 2 aromatic rings. The Morgan fingerprint density at radius 1 is 1.50 bits per heavy atom. The zero-order valence-electron chi connectivity index (χ0n) is 6.01. The summed E-state index contributed by atoms with van der Waals surface area (Å²) in [5.41, 5.74) is 0.291. The summed E-state index contributed by atoms with van der Waals surface area (Å²) in [6.45, 7) is 0. The first kappa shape index (κ1) is 6.78. The molecule has 0 radical (unpaired) electrons. The van der Waals surface area contributed by atoms with E-state index in [4.69, 9.17) is 0 Å². The van der Waals surface area contributed by atoms with Gasteiger partial charge in [-0.2, -0.15) is 0 Å². The highest BCUT2D eigenvalue weighted by Crippen LogP contribution is 2.14. The predicted octanol–water partition coefficient (Wildman–Crippen LogP) is 0.247.